The molecule has 0 aromatic rings. The summed E-state index contributed by atoms with van der Waals surface area (Å²) >= 11 is 0. The van der Waals surface area contributed by atoms with Crippen LogP contribution in [0.15, 0.2) is 0 Å². The lowest BCUT2D eigenvalue weighted by Gasteiger charge is -2.23. The fraction of sp³-hybridized carbons (Fsp3) is 0.889. The number of carbonyl (C=O) groups excluding carboxylic acids is 1. The maximum Gasteiger partial charge on any atom is 0.311 e. The van der Waals surface area contributed by atoms with Crippen LogP contribution < -0.4 is 5.73 Å². The second-order valence-electron chi connectivity index (χ2n) is 4.31. The van der Waals surface area contributed by atoms with Gasteiger partial charge in [-0.1, -0.05) is 0 Å². The Labute approximate surface area is 72.3 Å². The number of hydrogen-bond acceptors (Lipinski definition) is 3. The summed E-state index contributed by atoms with van der Waals surface area (Å²) in [4.78, 5) is 11.5. The van der Waals surface area contributed by atoms with Crippen molar-refractivity contribution in [3.63, 3.8) is 0 Å². The molecule has 12 heavy (non-hydrogen) atoms. The van der Waals surface area contributed by atoms with E-state index in [4.69, 9.17) is 10.5 Å². The quantitative estimate of drug-likeness (QED) is 0.591. The van der Waals surface area contributed by atoms with E-state index in [0.29, 0.717) is 0 Å². The zero-order chi connectivity index (χ0) is 8.82. The molecule has 0 amide bonds. The average Bonchev–Trinajstić information content (AvgIpc) is 2.57. The molecule has 68 valence electrons. The minimum Gasteiger partial charge on any atom is -0.469 e. The number of hydrogen-bond donors (Lipinski definition) is 1. The molecule has 0 unspecified atom stereocenters. The van der Waals surface area contributed by atoms with E-state index in [1.54, 1.807) is 0 Å². The van der Waals surface area contributed by atoms with Crippen molar-refractivity contribution < 1.29 is 9.53 Å². The van der Waals surface area contributed by atoms with Gasteiger partial charge >= 0.3 is 5.97 Å². The van der Waals surface area contributed by atoms with Crippen molar-refractivity contribution in [2.75, 3.05) is 7.11 Å². The van der Waals surface area contributed by atoms with Crippen LogP contribution in [-0.4, -0.2) is 18.6 Å². The van der Waals surface area contributed by atoms with Crippen molar-refractivity contribution in [1.29, 1.82) is 0 Å². The summed E-state index contributed by atoms with van der Waals surface area (Å²) in [5.74, 6) is -0.0488. The number of esters is 1. The Balaban J connectivity index is 2.20. The summed E-state index contributed by atoms with van der Waals surface area (Å²) in [6.45, 7) is 0. The SMILES string of the molecule is COC(=O)C12CCC(N)(CC1)C2. The van der Waals surface area contributed by atoms with E-state index in [1.165, 1.54) is 7.11 Å². The Kier molecular flexibility index (Phi) is 1.49. The molecule has 3 heteroatoms. The molecular weight excluding hydrogens is 154 g/mol. The van der Waals surface area contributed by atoms with E-state index in [9.17, 15) is 4.79 Å². The third-order valence-electron chi connectivity index (χ3n) is 3.51. The van der Waals surface area contributed by atoms with E-state index in [-0.39, 0.29) is 16.9 Å². The first-order valence-electron chi connectivity index (χ1n) is 4.48. The molecule has 0 heterocycles. The summed E-state index contributed by atoms with van der Waals surface area (Å²) in [7, 11) is 1.46. The number of carbonyl (C=O) groups is 1. The second kappa shape index (κ2) is 2.22. The summed E-state index contributed by atoms with van der Waals surface area (Å²) in [5, 5.41) is 0. The van der Waals surface area contributed by atoms with Gasteiger partial charge in [0.1, 0.15) is 0 Å². The van der Waals surface area contributed by atoms with Crippen LogP contribution in [0.25, 0.3) is 0 Å². The van der Waals surface area contributed by atoms with E-state index in [1.807, 2.05) is 0 Å². The maximum atomic E-state index is 11.5. The molecule has 0 aromatic heterocycles. The summed E-state index contributed by atoms with van der Waals surface area (Å²) in [5.41, 5.74) is 5.82. The fourth-order valence-corrected chi connectivity index (χ4v) is 2.75. The van der Waals surface area contributed by atoms with Crippen molar-refractivity contribution >= 4 is 5.97 Å². The number of ether oxygens (including phenoxy) is 1. The van der Waals surface area contributed by atoms with Crippen LogP contribution in [0.5, 0.6) is 0 Å². The predicted molar refractivity (Wildman–Crippen MR) is 44.5 cm³/mol. The molecule has 2 aliphatic carbocycles. The number of nitrogens with two attached hydrogens (primary N) is 1. The van der Waals surface area contributed by atoms with Crippen molar-refractivity contribution in [3.05, 3.63) is 0 Å². The zero-order valence-electron chi connectivity index (χ0n) is 7.43. The van der Waals surface area contributed by atoms with Crippen LogP contribution in [0.4, 0.5) is 0 Å². The smallest absolute Gasteiger partial charge is 0.311 e. The first-order valence-corrected chi connectivity index (χ1v) is 4.48. The minimum atomic E-state index is -0.205. The molecule has 0 saturated heterocycles. The summed E-state index contributed by atoms with van der Waals surface area (Å²) in [6, 6.07) is 0. The molecule has 0 spiro atoms. The van der Waals surface area contributed by atoms with Crippen LogP contribution in [0, 0.1) is 5.41 Å². The molecule has 0 aliphatic heterocycles. The molecule has 2 fully saturated rings. The third kappa shape index (κ3) is 0.891. The van der Waals surface area contributed by atoms with Gasteiger partial charge in [-0.3, -0.25) is 4.79 Å². The highest BCUT2D eigenvalue weighted by molar-refractivity contribution is 5.78. The molecule has 2 bridgehead atoms. The van der Waals surface area contributed by atoms with Crippen molar-refractivity contribution in [3.8, 4) is 0 Å². The highest BCUT2D eigenvalue weighted by atomic mass is 16.5. The van der Waals surface area contributed by atoms with Gasteiger partial charge in [0.05, 0.1) is 12.5 Å². The summed E-state index contributed by atoms with van der Waals surface area (Å²) in [6.07, 6.45) is 4.67. The lowest BCUT2D eigenvalue weighted by molar-refractivity contribution is -0.152. The Hall–Kier alpha value is -0.570. The molecular formula is C9H15NO2. The number of methoxy groups -OCH3 is 1. The number of rotatable bonds is 1. The first-order chi connectivity index (χ1) is 5.60. The van der Waals surface area contributed by atoms with E-state index < -0.39 is 0 Å². The minimum absolute atomic E-state index is 0.0474. The molecule has 2 saturated carbocycles. The molecule has 2 N–H and O–H groups in total. The average molecular weight is 169 g/mol. The molecule has 0 aromatic carbocycles. The standard InChI is InChI=1S/C9H15NO2/c1-12-7(11)8-2-4-9(10,6-8)5-3-8/h2-6,10H2,1H3. The molecule has 2 rings (SSSR count). The Morgan fingerprint density at radius 3 is 2.25 bits per heavy atom. The van der Waals surface area contributed by atoms with Crippen LogP contribution in [-0.2, 0) is 9.53 Å². The van der Waals surface area contributed by atoms with E-state index in [2.05, 4.69) is 0 Å². The topological polar surface area (TPSA) is 52.3 Å². The Bertz CT molecular complexity index is 217. The van der Waals surface area contributed by atoms with Crippen LogP contribution in [0.1, 0.15) is 32.1 Å². The zero-order valence-corrected chi connectivity index (χ0v) is 7.43. The normalized spacial score (nSPS) is 44.8. The van der Waals surface area contributed by atoms with E-state index >= 15 is 0 Å². The van der Waals surface area contributed by atoms with Gasteiger partial charge in [-0.25, -0.2) is 0 Å². The second-order valence-corrected chi connectivity index (χ2v) is 4.31. The number of fused-ring (bicyclic) bond motifs is 2. The largest absolute Gasteiger partial charge is 0.469 e. The van der Waals surface area contributed by atoms with Crippen molar-refractivity contribution in [2.45, 2.75) is 37.6 Å². The van der Waals surface area contributed by atoms with Gasteiger partial charge in [0.2, 0.25) is 0 Å². The third-order valence-corrected chi connectivity index (χ3v) is 3.51. The first kappa shape index (κ1) is 8.05. The van der Waals surface area contributed by atoms with Crippen molar-refractivity contribution in [2.24, 2.45) is 11.1 Å². The highest BCUT2D eigenvalue weighted by Crippen LogP contribution is 2.55. The van der Waals surface area contributed by atoms with Gasteiger partial charge < -0.3 is 10.5 Å². The Morgan fingerprint density at radius 2 is 1.92 bits per heavy atom. The van der Waals surface area contributed by atoms with Gasteiger partial charge in [0.25, 0.3) is 0 Å². The molecule has 0 radical (unpaired) electrons. The van der Waals surface area contributed by atoms with Gasteiger partial charge in [0.15, 0.2) is 0 Å². The van der Waals surface area contributed by atoms with Crippen LogP contribution in [0.2, 0.25) is 0 Å². The van der Waals surface area contributed by atoms with E-state index in [0.717, 1.165) is 32.1 Å². The molecule has 2 aliphatic rings. The predicted octanol–water partition coefficient (Wildman–Crippen LogP) is 0.821. The fourth-order valence-electron chi connectivity index (χ4n) is 2.75. The van der Waals surface area contributed by atoms with Crippen LogP contribution >= 0.6 is 0 Å². The van der Waals surface area contributed by atoms with Crippen molar-refractivity contribution in [1.82, 2.24) is 0 Å². The molecule has 0 atom stereocenters. The van der Waals surface area contributed by atoms with Gasteiger partial charge in [-0.05, 0) is 32.1 Å². The Morgan fingerprint density at radius 1 is 1.33 bits per heavy atom. The lowest BCUT2D eigenvalue weighted by atomic mass is 9.84. The van der Waals surface area contributed by atoms with Crippen LogP contribution in [0.3, 0.4) is 0 Å². The van der Waals surface area contributed by atoms with Gasteiger partial charge in [-0.2, -0.15) is 0 Å². The highest BCUT2D eigenvalue weighted by Gasteiger charge is 2.56. The summed E-state index contributed by atoms with van der Waals surface area (Å²) < 4.78 is 4.81. The molecule has 3 nitrogen and oxygen atoms in total. The van der Waals surface area contributed by atoms with Gasteiger partial charge in [-0.15, -0.1) is 0 Å². The maximum absolute atomic E-state index is 11.5. The monoisotopic (exact) mass is 169 g/mol. The van der Waals surface area contributed by atoms with Gasteiger partial charge in [0, 0.05) is 5.54 Å². The lowest BCUT2D eigenvalue weighted by Crippen LogP contribution is -2.33.